The molecule has 5 heteroatoms. The van der Waals surface area contributed by atoms with E-state index in [0.29, 0.717) is 25.6 Å². The SMILES string of the molecule is CCOC(=O)C(=O)c1ccccc1OCC1(C)COC1. The van der Waals surface area contributed by atoms with Crippen LogP contribution in [0.2, 0.25) is 0 Å². The summed E-state index contributed by atoms with van der Waals surface area (Å²) < 4.78 is 15.6. The molecule has 1 aromatic rings. The standard InChI is InChI=1S/C15H18O5/c1-3-19-14(17)13(16)11-6-4-5-7-12(11)20-10-15(2)8-18-9-15/h4-7H,3,8-10H2,1-2H3. The second-order valence-electron chi connectivity index (χ2n) is 5.14. The first kappa shape index (κ1) is 14.5. The molecule has 5 nitrogen and oxygen atoms in total. The molecule has 0 bridgehead atoms. The largest absolute Gasteiger partial charge is 0.492 e. The first-order chi connectivity index (χ1) is 9.56. The van der Waals surface area contributed by atoms with Gasteiger partial charge in [-0.05, 0) is 19.1 Å². The second kappa shape index (κ2) is 6.05. The Labute approximate surface area is 117 Å². The van der Waals surface area contributed by atoms with Gasteiger partial charge in [-0.1, -0.05) is 19.1 Å². The highest BCUT2D eigenvalue weighted by molar-refractivity contribution is 6.41. The molecule has 0 aliphatic carbocycles. The van der Waals surface area contributed by atoms with E-state index in [1.807, 2.05) is 6.92 Å². The molecule has 0 unspecified atom stereocenters. The summed E-state index contributed by atoms with van der Waals surface area (Å²) in [5, 5.41) is 0. The fraction of sp³-hybridized carbons (Fsp3) is 0.467. The molecular formula is C15H18O5. The number of hydrogen-bond donors (Lipinski definition) is 0. The van der Waals surface area contributed by atoms with Gasteiger partial charge in [0.2, 0.25) is 0 Å². The van der Waals surface area contributed by atoms with Crippen molar-refractivity contribution in [2.24, 2.45) is 5.41 Å². The minimum atomic E-state index is -0.860. The number of carbonyl (C=O) groups is 2. The molecular weight excluding hydrogens is 260 g/mol. The number of ketones is 1. The summed E-state index contributed by atoms with van der Waals surface area (Å²) in [6, 6.07) is 6.69. The van der Waals surface area contributed by atoms with E-state index in [0.717, 1.165) is 0 Å². The molecule has 1 aromatic carbocycles. The monoisotopic (exact) mass is 278 g/mol. The Bertz CT molecular complexity index is 505. The van der Waals surface area contributed by atoms with E-state index in [2.05, 4.69) is 0 Å². The quantitative estimate of drug-likeness (QED) is 0.451. The highest BCUT2D eigenvalue weighted by atomic mass is 16.5. The van der Waals surface area contributed by atoms with Crippen LogP contribution in [0.1, 0.15) is 24.2 Å². The fourth-order valence-corrected chi connectivity index (χ4v) is 1.87. The van der Waals surface area contributed by atoms with Crippen molar-refractivity contribution in [3.8, 4) is 5.75 Å². The predicted octanol–water partition coefficient (Wildman–Crippen LogP) is 1.85. The number of benzene rings is 1. The minimum absolute atomic E-state index is 0.0277. The molecule has 1 saturated heterocycles. The van der Waals surface area contributed by atoms with Crippen LogP contribution in [0.5, 0.6) is 5.75 Å². The summed E-state index contributed by atoms with van der Waals surface area (Å²) in [7, 11) is 0. The molecule has 1 aliphatic rings. The summed E-state index contributed by atoms with van der Waals surface area (Å²) in [4.78, 5) is 23.5. The molecule has 0 N–H and O–H groups in total. The lowest BCUT2D eigenvalue weighted by Gasteiger charge is -2.37. The number of hydrogen-bond acceptors (Lipinski definition) is 5. The fourth-order valence-electron chi connectivity index (χ4n) is 1.87. The van der Waals surface area contributed by atoms with Crippen molar-refractivity contribution in [1.29, 1.82) is 0 Å². The molecule has 0 amide bonds. The topological polar surface area (TPSA) is 61.8 Å². The highest BCUT2D eigenvalue weighted by Crippen LogP contribution is 2.28. The molecule has 0 atom stereocenters. The van der Waals surface area contributed by atoms with Gasteiger partial charge in [0.25, 0.3) is 5.78 Å². The van der Waals surface area contributed by atoms with E-state index in [1.165, 1.54) is 0 Å². The van der Waals surface area contributed by atoms with E-state index in [1.54, 1.807) is 31.2 Å². The number of Topliss-reactive ketones (excluding diaryl/α,β-unsaturated/α-hetero) is 1. The molecule has 20 heavy (non-hydrogen) atoms. The molecule has 0 saturated carbocycles. The lowest BCUT2D eigenvalue weighted by atomic mass is 9.90. The first-order valence-corrected chi connectivity index (χ1v) is 6.57. The Hall–Kier alpha value is -1.88. The lowest BCUT2D eigenvalue weighted by Crippen LogP contribution is -2.44. The molecule has 0 radical (unpaired) electrons. The number of esters is 1. The van der Waals surface area contributed by atoms with E-state index in [-0.39, 0.29) is 17.6 Å². The van der Waals surface area contributed by atoms with Crippen LogP contribution in [0.3, 0.4) is 0 Å². The number of ether oxygens (including phenoxy) is 3. The third kappa shape index (κ3) is 3.17. The number of rotatable bonds is 6. The van der Waals surface area contributed by atoms with Gasteiger partial charge in [0.05, 0.1) is 32.0 Å². The van der Waals surface area contributed by atoms with Crippen molar-refractivity contribution >= 4 is 11.8 Å². The molecule has 108 valence electrons. The van der Waals surface area contributed by atoms with Crippen LogP contribution in [0.15, 0.2) is 24.3 Å². The average molecular weight is 278 g/mol. The Morgan fingerprint density at radius 1 is 1.30 bits per heavy atom. The maximum Gasteiger partial charge on any atom is 0.379 e. The van der Waals surface area contributed by atoms with Gasteiger partial charge in [0.15, 0.2) is 0 Å². The van der Waals surface area contributed by atoms with Crippen molar-refractivity contribution in [3.05, 3.63) is 29.8 Å². The summed E-state index contributed by atoms with van der Waals surface area (Å²) in [6.45, 7) is 5.60. The van der Waals surface area contributed by atoms with E-state index >= 15 is 0 Å². The molecule has 1 fully saturated rings. The van der Waals surface area contributed by atoms with Gasteiger partial charge in [-0.3, -0.25) is 4.79 Å². The van der Waals surface area contributed by atoms with Crippen LogP contribution in [-0.2, 0) is 14.3 Å². The van der Waals surface area contributed by atoms with Crippen LogP contribution >= 0.6 is 0 Å². The van der Waals surface area contributed by atoms with Crippen molar-refractivity contribution in [2.45, 2.75) is 13.8 Å². The molecule has 0 spiro atoms. The Morgan fingerprint density at radius 2 is 2.00 bits per heavy atom. The van der Waals surface area contributed by atoms with Crippen LogP contribution in [0.4, 0.5) is 0 Å². The molecule has 0 aromatic heterocycles. The molecule has 1 heterocycles. The molecule has 2 rings (SSSR count). The maximum atomic E-state index is 12.0. The van der Waals surface area contributed by atoms with Crippen molar-refractivity contribution in [3.63, 3.8) is 0 Å². The second-order valence-corrected chi connectivity index (χ2v) is 5.14. The van der Waals surface area contributed by atoms with Crippen molar-refractivity contribution in [2.75, 3.05) is 26.4 Å². The van der Waals surface area contributed by atoms with Crippen LogP contribution in [-0.4, -0.2) is 38.2 Å². The normalized spacial score (nSPS) is 16.1. The maximum absolute atomic E-state index is 12.0. The number of para-hydroxylation sites is 1. The van der Waals surface area contributed by atoms with Crippen LogP contribution in [0, 0.1) is 5.41 Å². The van der Waals surface area contributed by atoms with E-state index in [4.69, 9.17) is 14.2 Å². The van der Waals surface area contributed by atoms with Gasteiger partial charge in [-0.15, -0.1) is 0 Å². The Balaban J connectivity index is 2.09. The summed E-state index contributed by atoms with van der Waals surface area (Å²) in [5.41, 5.74) is 0.204. The van der Waals surface area contributed by atoms with Gasteiger partial charge in [0, 0.05) is 5.41 Å². The third-order valence-corrected chi connectivity index (χ3v) is 3.07. The summed E-state index contributed by atoms with van der Waals surface area (Å²) >= 11 is 0. The van der Waals surface area contributed by atoms with E-state index in [9.17, 15) is 9.59 Å². The zero-order chi connectivity index (χ0) is 14.6. The smallest absolute Gasteiger partial charge is 0.379 e. The lowest BCUT2D eigenvalue weighted by molar-refractivity contribution is -0.137. The van der Waals surface area contributed by atoms with Gasteiger partial charge in [-0.25, -0.2) is 4.79 Å². The molecule has 1 aliphatic heterocycles. The highest BCUT2D eigenvalue weighted by Gasteiger charge is 2.34. The Morgan fingerprint density at radius 3 is 2.60 bits per heavy atom. The van der Waals surface area contributed by atoms with Crippen LogP contribution in [0.25, 0.3) is 0 Å². The van der Waals surface area contributed by atoms with Gasteiger partial charge >= 0.3 is 5.97 Å². The van der Waals surface area contributed by atoms with Crippen molar-refractivity contribution < 1.29 is 23.8 Å². The van der Waals surface area contributed by atoms with Crippen LogP contribution < -0.4 is 4.74 Å². The van der Waals surface area contributed by atoms with Crippen molar-refractivity contribution in [1.82, 2.24) is 0 Å². The third-order valence-electron chi connectivity index (χ3n) is 3.07. The summed E-state index contributed by atoms with van der Waals surface area (Å²) in [6.07, 6.45) is 0. The Kier molecular flexibility index (Phi) is 4.39. The zero-order valence-corrected chi connectivity index (χ0v) is 11.7. The van der Waals surface area contributed by atoms with Gasteiger partial charge in [-0.2, -0.15) is 0 Å². The minimum Gasteiger partial charge on any atom is -0.492 e. The average Bonchev–Trinajstić information content (AvgIpc) is 2.43. The predicted molar refractivity (Wildman–Crippen MR) is 71.8 cm³/mol. The van der Waals surface area contributed by atoms with E-state index < -0.39 is 11.8 Å². The summed E-state index contributed by atoms with van der Waals surface area (Å²) in [5.74, 6) is -1.14. The van der Waals surface area contributed by atoms with Gasteiger partial charge < -0.3 is 14.2 Å². The van der Waals surface area contributed by atoms with Gasteiger partial charge in [0.1, 0.15) is 5.75 Å². The number of carbonyl (C=O) groups excluding carboxylic acids is 2. The zero-order valence-electron chi connectivity index (χ0n) is 11.7. The first-order valence-electron chi connectivity index (χ1n) is 6.57.